The molecule has 0 aromatic heterocycles. The molecule has 0 aliphatic carbocycles. The fourth-order valence-corrected chi connectivity index (χ4v) is 2.02. The number of hydrogen-bond donors (Lipinski definition) is 0. The first-order chi connectivity index (χ1) is 10.2. The predicted octanol–water partition coefficient (Wildman–Crippen LogP) is 4.62. The van der Waals surface area contributed by atoms with Gasteiger partial charge >= 0.3 is 22.2 Å². The van der Waals surface area contributed by atoms with Crippen LogP contribution >= 0.6 is 10.2 Å². The van der Waals surface area contributed by atoms with Crippen LogP contribution in [0.15, 0.2) is 41.3 Å². The van der Waals surface area contributed by atoms with E-state index in [1.165, 1.54) is 6.92 Å². The van der Waals surface area contributed by atoms with Crippen LogP contribution in [0.5, 0.6) is 0 Å². The largest absolute Gasteiger partial charge is 0.459 e. The van der Waals surface area contributed by atoms with Gasteiger partial charge in [0.2, 0.25) is 0 Å². The molecule has 0 spiro atoms. The maximum atomic E-state index is 12.6. The monoisotopic (exact) mass is 360 g/mol. The molecule has 0 saturated carbocycles. The SMILES string of the molecule is C=C(C)C(=O)OCCOC(=O)c1cccc(S(F)(F)(F)(F)F)c1. The van der Waals surface area contributed by atoms with Gasteiger partial charge in [0.15, 0.2) is 0 Å². The van der Waals surface area contributed by atoms with Crippen LogP contribution in [0.3, 0.4) is 0 Å². The minimum absolute atomic E-state index is 0.0176. The van der Waals surface area contributed by atoms with Crippen LogP contribution in [0.25, 0.3) is 0 Å². The van der Waals surface area contributed by atoms with Crippen molar-refractivity contribution in [1.29, 1.82) is 0 Å². The summed E-state index contributed by atoms with van der Waals surface area (Å²) in [4.78, 5) is 20.4. The molecule has 0 aliphatic heterocycles. The van der Waals surface area contributed by atoms with Crippen LogP contribution in [-0.2, 0) is 14.3 Å². The summed E-state index contributed by atoms with van der Waals surface area (Å²) in [6, 6.07) is 1.76. The number of esters is 2. The molecule has 1 aromatic carbocycles. The van der Waals surface area contributed by atoms with Gasteiger partial charge in [-0.1, -0.05) is 32.1 Å². The molecule has 0 atom stereocenters. The Labute approximate surface area is 128 Å². The van der Waals surface area contributed by atoms with Crippen LogP contribution < -0.4 is 0 Å². The van der Waals surface area contributed by atoms with Gasteiger partial charge in [-0.3, -0.25) is 0 Å². The third-order valence-corrected chi connectivity index (χ3v) is 3.56. The molecule has 10 heteroatoms. The quantitative estimate of drug-likeness (QED) is 0.321. The number of hydrogen-bond acceptors (Lipinski definition) is 4. The first-order valence-corrected chi connectivity index (χ1v) is 8.00. The minimum atomic E-state index is -9.87. The topological polar surface area (TPSA) is 52.6 Å². The third kappa shape index (κ3) is 5.89. The van der Waals surface area contributed by atoms with E-state index in [9.17, 15) is 29.0 Å². The van der Waals surface area contributed by atoms with E-state index < -0.39 is 39.2 Å². The molecule has 0 saturated heterocycles. The molecule has 23 heavy (non-hydrogen) atoms. The van der Waals surface area contributed by atoms with Crippen LogP contribution in [0.4, 0.5) is 19.4 Å². The zero-order valence-electron chi connectivity index (χ0n) is 11.9. The van der Waals surface area contributed by atoms with Crippen molar-refractivity contribution < 1.29 is 38.5 Å². The second-order valence-corrected chi connectivity index (χ2v) is 6.96. The molecule has 4 nitrogen and oxygen atoms in total. The molecule has 0 aliphatic rings. The molecule has 0 bridgehead atoms. The Balaban J connectivity index is 2.73. The summed E-state index contributed by atoms with van der Waals surface area (Å²) in [5, 5.41) is 0. The second kappa shape index (κ2) is 5.52. The molecule has 1 rings (SSSR count). The number of halogens is 5. The third-order valence-electron chi connectivity index (χ3n) is 2.41. The molecular weight excluding hydrogens is 347 g/mol. The Morgan fingerprint density at radius 1 is 1.09 bits per heavy atom. The fraction of sp³-hybridized carbons (Fsp3) is 0.231. The first kappa shape index (κ1) is 18.9. The van der Waals surface area contributed by atoms with E-state index >= 15 is 0 Å². The lowest BCUT2D eigenvalue weighted by Gasteiger charge is -2.40. The summed E-state index contributed by atoms with van der Waals surface area (Å²) in [5.74, 6) is -1.98. The van der Waals surface area contributed by atoms with Gasteiger partial charge in [-0.15, -0.1) is 0 Å². The normalized spacial score (nSPS) is 14.3. The van der Waals surface area contributed by atoms with E-state index in [0.29, 0.717) is 6.07 Å². The number of carbonyl (C=O) groups is 2. The van der Waals surface area contributed by atoms with E-state index in [4.69, 9.17) is 0 Å². The summed E-state index contributed by atoms with van der Waals surface area (Å²) < 4.78 is 72.4. The highest BCUT2D eigenvalue weighted by Crippen LogP contribution is 3.02. The van der Waals surface area contributed by atoms with E-state index in [0.717, 1.165) is 6.07 Å². The summed E-state index contributed by atoms with van der Waals surface area (Å²) in [6.45, 7) is 3.90. The van der Waals surface area contributed by atoms with Gasteiger partial charge in [-0.2, -0.15) is 0 Å². The molecular formula is C13H13F5O4S. The van der Waals surface area contributed by atoms with Crippen LogP contribution in [0, 0.1) is 0 Å². The summed E-state index contributed by atoms with van der Waals surface area (Å²) in [5.41, 5.74) is -0.582. The van der Waals surface area contributed by atoms with Gasteiger partial charge in [0.25, 0.3) is 0 Å². The zero-order chi connectivity index (χ0) is 18.0. The van der Waals surface area contributed by atoms with Crippen molar-refractivity contribution in [2.45, 2.75) is 11.8 Å². The average Bonchev–Trinajstić information content (AvgIpc) is 2.40. The van der Waals surface area contributed by atoms with Gasteiger partial charge in [0.1, 0.15) is 18.1 Å². The highest BCUT2D eigenvalue weighted by atomic mass is 32.5. The standard InChI is InChI=1S/C13H13F5O4S/c1-9(2)12(19)21-6-7-22-13(20)10-4-3-5-11(8-10)23(14,15,16,17)18/h3-5,8H,1,6-7H2,2H3. The van der Waals surface area contributed by atoms with E-state index in [-0.39, 0.29) is 24.3 Å². The minimum Gasteiger partial charge on any atom is -0.459 e. The van der Waals surface area contributed by atoms with Crippen molar-refractivity contribution in [2.24, 2.45) is 0 Å². The second-order valence-electron chi connectivity index (χ2n) is 4.55. The highest BCUT2D eigenvalue weighted by molar-refractivity contribution is 8.45. The Bertz CT molecular complexity index is 654. The average molecular weight is 360 g/mol. The number of benzene rings is 1. The van der Waals surface area contributed by atoms with Gasteiger partial charge < -0.3 is 9.47 Å². The molecule has 0 heterocycles. The van der Waals surface area contributed by atoms with Crippen molar-refractivity contribution in [1.82, 2.24) is 0 Å². The lowest BCUT2D eigenvalue weighted by molar-refractivity contribution is -0.140. The van der Waals surface area contributed by atoms with E-state index in [1.807, 2.05) is 0 Å². The van der Waals surface area contributed by atoms with Gasteiger partial charge in [-0.25, -0.2) is 9.59 Å². The predicted molar refractivity (Wildman–Crippen MR) is 73.9 cm³/mol. The lowest BCUT2D eigenvalue weighted by atomic mass is 10.2. The highest BCUT2D eigenvalue weighted by Gasteiger charge is 2.65. The van der Waals surface area contributed by atoms with Crippen molar-refractivity contribution >= 4 is 22.2 Å². The Kier molecular flexibility index (Phi) is 4.54. The Hall–Kier alpha value is -2.10. The summed E-state index contributed by atoms with van der Waals surface area (Å²) >= 11 is 0. The first-order valence-electron chi connectivity index (χ1n) is 6.04. The van der Waals surface area contributed by atoms with E-state index in [2.05, 4.69) is 16.1 Å². The maximum absolute atomic E-state index is 12.6. The van der Waals surface area contributed by atoms with Crippen molar-refractivity contribution in [3.63, 3.8) is 0 Å². The number of carbonyl (C=O) groups excluding carboxylic acids is 2. The zero-order valence-corrected chi connectivity index (χ0v) is 12.7. The number of ether oxygens (including phenoxy) is 2. The molecule has 0 radical (unpaired) electrons. The van der Waals surface area contributed by atoms with Gasteiger partial charge in [0.05, 0.1) is 5.56 Å². The van der Waals surface area contributed by atoms with E-state index in [1.54, 1.807) is 0 Å². The fourth-order valence-electron chi connectivity index (χ4n) is 1.34. The Morgan fingerprint density at radius 3 is 2.17 bits per heavy atom. The molecule has 130 valence electrons. The van der Waals surface area contributed by atoms with Crippen LogP contribution in [-0.4, -0.2) is 25.2 Å². The number of rotatable bonds is 6. The van der Waals surface area contributed by atoms with Crippen LogP contribution in [0.2, 0.25) is 0 Å². The molecule has 0 unspecified atom stereocenters. The van der Waals surface area contributed by atoms with Crippen molar-refractivity contribution in [3.05, 3.63) is 42.0 Å². The maximum Gasteiger partial charge on any atom is 0.338 e. The molecule has 0 N–H and O–H groups in total. The smallest absolute Gasteiger partial charge is 0.338 e. The molecule has 0 amide bonds. The summed E-state index contributed by atoms with van der Waals surface area (Å²) in [7, 11) is -9.87. The van der Waals surface area contributed by atoms with Crippen molar-refractivity contribution in [3.8, 4) is 0 Å². The van der Waals surface area contributed by atoms with Gasteiger partial charge in [-0.05, 0) is 25.1 Å². The summed E-state index contributed by atoms with van der Waals surface area (Å²) in [6.07, 6.45) is 0. The lowest BCUT2D eigenvalue weighted by Crippen LogP contribution is -2.15. The van der Waals surface area contributed by atoms with Crippen LogP contribution in [0.1, 0.15) is 17.3 Å². The van der Waals surface area contributed by atoms with Gasteiger partial charge in [0, 0.05) is 5.57 Å². The molecule has 1 aromatic rings. The Morgan fingerprint density at radius 2 is 1.65 bits per heavy atom. The molecule has 0 fully saturated rings. The van der Waals surface area contributed by atoms with Crippen molar-refractivity contribution in [2.75, 3.05) is 13.2 Å².